The van der Waals surface area contributed by atoms with Crippen LogP contribution in [0, 0.1) is 0 Å². The summed E-state index contributed by atoms with van der Waals surface area (Å²) in [6, 6.07) is 16.8. The SMILES string of the molecule is COc1ccc(N2CC(NC(=O)N(C)Cc3ccccc3)CC2=O)cc1. The molecule has 1 fully saturated rings. The highest BCUT2D eigenvalue weighted by Gasteiger charge is 2.32. The molecule has 3 rings (SSSR count). The minimum atomic E-state index is -0.199. The van der Waals surface area contributed by atoms with E-state index in [0.717, 1.165) is 17.0 Å². The van der Waals surface area contributed by atoms with Crippen molar-refractivity contribution >= 4 is 17.6 Å². The van der Waals surface area contributed by atoms with Crippen LogP contribution in [-0.2, 0) is 11.3 Å². The number of nitrogens with zero attached hydrogens (tertiary/aromatic N) is 2. The molecule has 0 saturated carbocycles. The van der Waals surface area contributed by atoms with Crippen LogP contribution in [0.3, 0.4) is 0 Å². The van der Waals surface area contributed by atoms with Crippen molar-refractivity contribution in [1.82, 2.24) is 10.2 Å². The number of amides is 3. The van der Waals surface area contributed by atoms with Crippen molar-refractivity contribution < 1.29 is 14.3 Å². The molecule has 6 heteroatoms. The molecular formula is C20H23N3O3. The zero-order valence-corrected chi connectivity index (χ0v) is 15.0. The molecule has 0 bridgehead atoms. The van der Waals surface area contributed by atoms with Gasteiger partial charge in [0.25, 0.3) is 0 Å². The number of hydrogen-bond donors (Lipinski definition) is 1. The van der Waals surface area contributed by atoms with Crippen LogP contribution in [0.4, 0.5) is 10.5 Å². The van der Waals surface area contributed by atoms with Gasteiger partial charge in [0, 0.05) is 32.2 Å². The third-order valence-corrected chi connectivity index (χ3v) is 4.45. The quantitative estimate of drug-likeness (QED) is 0.899. The number of benzene rings is 2. The fourth-order valence-electron chi connectivity index (χ4n) is 3.03. The van der Waals surface area contributed by atoms with Gasteiger partial charge in [-0.3, -0.25) is 4.79 Å². The van der Waals surface area contributed by atoms with E-state index in [9.17, 15) is 9.59 Å². The fourth-order valence-corrected chi connectivity index (χ4v) is 3.03. The van der Waals surface area contributed by atoms with Crippen LogP contribution in [0.1, 0.15) is 12.0 Å². The van der Waals surface area contributed by atoms with Crippen molar-refractivity contribution in [2.75, 3.05) is 25.6 Å². The van der Waals surface area contributed by atoms with Crippen LogP contribution in [0.2, 0.25) is 0 Å². The van der Waals surface area contributed by atoms with E-state index >= 15 is 0 Å². The van der Waals surface area contributed by atoms with E-state index in [-0.39, 0.29) is 18.0 Å². The third kappa shape index (κ3) is 4.14. The first-order valence-electron chi connectivity index (χ1n) is 8.57. The lowest BCUT2D eigenvalue weighted by atomic mass is 10.2. The summed E-state index contributed by atoms with van der Waals surface area (Å²) in [4.78, 5) is 28.0. The minimum absolute atomic E-state index is 0.00572. The predicted molar refractivity (Wildman–Crippen MR) is 100 cm³/mol. The average molecular weight is 353 g/mol. The van der Waals surface area contributed by atoms with Gasteiger partial charge in [-0.05, 0) is 29.8 Å². The predicted octanol–water partition coefficient (Wildman–Crippen LogP) is 2.64. The van der Waals surface area contributed by atoms with E-state index in [1.54, 1.807) is 24.0 Å². The highest BCUT2D eigenvalue weighted by molar-refractivity contribution is 5.96. The Labute approximate surface area is 153 Å². The lowest BCUT2D eigenvalue weighted by Gasteiger charge is -2.21. The number of urea groups is 1. The molecule has 1 aliphatic rings. The van der Waals surface area contributed by atoms with Gasteiger partial charge >= 0.3 is 6.03 Å². The van der Waals surface area contributed by atoms with Crippen molar-refractivity contribution in [3.05, 3.63) is 60.2 Å². The Kier molecular flexibility index (Phi) is 5.41. The second-order valence-electron chi connectivity index (χ2n) is 6.39. The molecule has 0 aromatic heterocycles. The molecule has 26 heavy (non-hydrogen) atoms. The molecule has 1 unspecified atom stereocenters. The Balaban J connectivity index is 1.57. The summed E-state index contributed by atoms with van der Waals surface area (Å²) in [7, 11) is 3.36. The van der Waals surface area contributed by atoms with Gasteiger partial charge in [-0.2, -0.15) is 0 Å². The topological polar surface area (TPSA) is 61.9 Å². The van der Waals surface area contributed by atoms with E-state index in [1.807, 2.05) is 54.6 Å². The van der Waals surface area contributed by atoms with Crippen molar-refractivity contribution in [3.8, 4) is 5.75 Å². The normalized spacial score (nSPS) is 16.5. The van der Waals surface area contributed by atoms with Crippen molar-refractivity contribution in [3.63, 3.8) is 0 Å². The van der Waals surface area contributed by atoms with Crippen LogP contribution in [-0.4, -0.2) is 43.6 Å². The monoisotopic (exact) mass is 353 g/mol. The molecule has 1 heterocycles. The molecule has 136 valence electrons. The maximum absolute atomic E-state index is 12.4. The van der Waals surface area contributed by atoms with E-state index in [4.69, 9.17) is 4.74 Å². The number of carbonyl (C=O) groups is 2. The summed E-state index contributed by atoms with van der Waals surface area (Å²) in [5.41, 5.74) is 1.87. The van der Waals surface area contributed by atoms with Gasteiger partial charge in [-0.25, -0.2) is 4.79 Å². The smallest absolute Gasteiger partial charge is 0.317 e. The lowest BCUT2D eigenvalue weighted by Crippen LogP contribution is -2.43. The standard InChI is InChI=1S/C20H23N3O3/c1-22(13-15-6-4-3-5-7-15)20(25)21-16-12-19(24)23(14-16)17-8-10-18(26-2)11-9-17/h3-11,16H,12-14H2,1-2H3,(H,21,25). The summed E-state index contributed by atoms with van der Waals surface area (Å²) in [5.74, 6) is 0.749. The maximum Gasteiger partial charge on any atom is 0.317 e. The minimum Gasteiger partial charge on any atom is -0.497 e. The summed E-state index contributed by atoms with van der Waals surface area (Å²) < 4.78 is 5.14. The number of rotatable bonds is 5. The Morgan fingerprint density at radius 2 is 1.88 bits per heavy atom. The van der Waals surface area contributed by atoms with E-state index in [1.165, 1.54) is 0 Å². The van der Waals surface area contributed by atoms with Crippen molar-refractivity contribution in [1.29, 1.82) is 0 Å². The van der Waals surface area contributed by atoms with Gasteiger partial charge in [0.15, 0.2) is 0 Å². The molecule has 2 aromatic carbocycles. The van der Waals surface area contributed by atoms with Gasteiger partial charge in [-0.15, -0.1) is 0 Å². The maximum atomic E-state index is 12.4. The van der Waals surface area contributed by atoms with Gasteiger partial charge in [0.2, 0.25) is 5.91 Å². The average Bonchev–Trinajstić information content (AvgIpc) is 3.02. The number of hydrogen-bond acceptors (Lipinski definition) is 3. The largest absolute Gasteiger partial charge is 0.497 e. The first-order chi connectivity index (χ1) is 12.6. The summed E-state index contributed by atoms with van der Waals surface area (Å²) >= 11 is 0. The van der Waals surface area contributed by atoms with Gasteiger partial charge in [0.1, 0.15) is 5.75 Å². The molecule has 0 spiro atoms. The lowest BCUT2D eigenvalue weighted by molar-refractivity contribution is -0.117. The van der Waals surface area contributed by atoms with Gasteiger partial charge < -0.3 is 19.9 Å². The van der Waals surface area contributed by atoms with Gasteiger partial charge in [0.05, 0.1) is 13.2 Å². The van der Waals surface area contributed by atoms with E-state index in [2.05, 4.69) is 5.32 Å². The highest BCUT2D eigenvalue weighted by atomic mass is 16.5. The van der Waals surface area contributed by atoms with Crippen molar-refractivity contribution in [2.24, 2.45) is 0 Å². The molecule has 1 saturated heterocycles. The number of nitrogens with one attached hydrogen (secondary N) is 1. The van der Waals surface area contributed by atoms with E-state index in [0.29, 0.717) is 19.5 Å². The summed E-state index contributed by atoms with van der Waals surface area (Å²) in [6.07, 6.45) is 0.303. The van der Waals surface area contributed by atoms with Gasteiger partial charge in [-0.1, -0.05) is 30.3 Å². The van der Waals surface area contributed by atoms with Crippen LogP contribution in [0.15, 0.2) is 54.6 Å². The molecule has 1 atom stereocenters. The molecule has 3 amide bonds. The third-order valence-electron chi connectivity index (χ3n) is 4.45. The second kappa shape index (κ2) is 7.91. The van der Waals surface area contributed by atoms with Crippen LogP contribution in [0.5, 0.6) is 5.75 Å². The summed E-state index contributed by atoms with van der Waals surface area (Å²) in [5, 5.41) is 2.95. The molecule has 0 aliphatic carbocycles. The number of anilines is 1. The Morgan fingerprint density at radius 3 is 2.54 bits per heavy atom. The molecule has 1 aliphatic heterocycles. The second-order valence-corrected chi connectivity index (χ2v) is 6.39. The van der Waals surface area contributed by atoms with Crippen LogP contribution < -0.4 is 15.0 Å². The number of ether oxygens (including phenoxy) is 1. The molecule has 0 radical (unpaired) electrons. The Morgan fingerprint density at radius 1 is 1.19 bits per heavy atom. The zero-order valence-electron chi connectivity index (χ0n) is 15.0. The Bertz CT molecular complexity index is 762. The summed E-state index contributed by atoms with van der Waals surface area (Å²) in [6.45, 7) is 0.992. The van der Waals surface area contributed by atoms with Crippen molar-refractivity contribution in [2.45, 2.75) is 19.0 Å². The molecular weight excluding hydrogens is 330 g/mol. The number of carbonyl (C=O) groups excluding carboxylic acids is 2. The van der Waals surface area contributed by atoms with Crippen LogP contribution >= 0.6 is 0 Å². The number of methoxy groups -OCH3 is 1. The van der Waals surface area contributed by atoms with Crippen LogP contribution in [0.25, 0.3) is 0 Å². The first kappa shape index (κ1) is 17.8. The first-order valence-corrected chi connectivity index (χ1v) is 8.57. The zero-order chi connectivity index (χ0) is 18.5. The molecule has 2 aromatic rings. The fraction of sp³-hybridized carbons (Fsp3) is 0.300. The molecule has 6 nitrogen and oxygen atoms in total. The Hall–Kier alpha value is -3.02. The van der Waals surface area contributed by atoms with E-state index < -0.39 is 0 Å². The highest BCUT2D eigenvalue weighted by Crippen LogP contribution is 2.24. The molecule has 1 N–H and O–H groups in total.